The second-order valence-electron chi connectivity index (χ2n) is 7.40. The zero-order valence-corrected chi connectivity index (χ0v) is 15.9. The summed E-state index contributed by atoms with van der Waals surface area (Å²) in [6, 6.07) is 19.3. The first-order chi connectivity index (χ1) is 13.1. The van der Waals surface area contributed by atoms with Crippen molar-refractivity contribution in [1.29, 1.82) is 0 Å². The zero-order valence-electron chi connectivity index (χ0n) is 15.1. The number of ether oxygens (including phenoxy) is 1. The van der Waals surface area contributed by atoms with E-state index in [9.17, 15) is 8.42 Å². The average Bonchev–Trinajstić information content (AvgIpc) is 3.35. The van der Waals surface area contributed by atoms with Crippen LogP contribution in [-0.4, -0.2) is 19.0 Å². The Balaban J connectivity index is 1.66. The van der Waals surface area contributed by atoms with E-state index in [4.69, 9.17) is 4.74 Å². The molecule has 0 unspecified atom stereocenters. The molecule has 1 aliphatic heterocycles. The lowest BCUT2D eigenvalue weighted by atomic mass is 9.84. The van der Waals surface area contributed by atoms with E-state index >= 15 is 0 Å². The summed E-state index contributed by atoms with van der Waals surface area (Å²) in [5.41, 5.74) is 4.13. The van der Waals surface area contributed by atoms with E-state index in [1.807, 2.05) is 43.3 Å². The SMILES string of the molecule is Cc1ccc(S(=O)(=O)n2ccc3c2[C@H]2OCC[C@H]2[C@@H]3c2ccccc2)cc1. The normalized spacial score (nSPS) is 24.0. The van der Waals surface area contributed by atoms with Gasteiger partial charge in [0.25, 0.3) is 10.0 Å². The van der Waals surface area contributed by atoms with Gasteiger partial charge in [0.2, 0.25) is 0 Å². The number of aryl methyl sites for hydroxylation is 1. The van der Waals surface area contributed by atoms with Crippen LogP contribution in [0.2, 0.25) is 0 Å². The van der Waals surface area contributed by atoms with Gasteiger partial charge in [0, 0.05) is 24.6 Å². The lowest BCUT2D eigenvalue weighted by molar-refractivity contribution is 0.0930. The van der Waals surface area contributed by atoms with Crippen molar-refractivity contribution in [2.75, 3.05) is 6.61 Å². The molecule has 0 spiro atoms. The summed E-state index contributed by atoms with van der Waals surface area (Å²) in [6.07, 6.45) is 2.47. The van der Waals surface area contributed by atoms with Crippen LogP contribution in [0.15, 0.2) is 71.8 Å². The Morgan fingerprint density at radius 1 is 1.00 bits per heavy atom. The fourth-order valence-corrected chi connectivity index (χ4v) is 5.97. The third kappa shape index (κ3) is 2.49. The van der Waals surface area contributed by atoms with Crippen molar-refractivity contribution in [3.8, 4) is 0 Å². The first-order valence-electron chi connectivity index (χ1n) is 9.27. The summed E-state index contributed by atoms with van der Waals surface area (Å²) in [5.74, 6) is 0.473. The molecule has 1 aromatic heterocycles. The maximum Gasteiger partial charge on any atom is 0.267 e. The first kappa shape index (κ1) is 16.8. The van der Waals surface area contributed by atoms with Gasteiger partial charge in [0.15, 0.2) is 0 Å². The molecule has 3 atom stereocenters. The Hall–Kier alpha value is -2.37. The van der Waals surface area contributed by atoms with Crippen molar-refractivity contribution < 1.29 is 13.2 Å². The van der Waals surface area contributed by atoms with Gasteiger partial charge in [0.05, 0.1) is 10.6 Å². The molecular formula is C22H21NO3S. The van der Waals surface area contributed by atoms with Gasteiger partial charge in [-0.2, -0.15) is 0 Å². The van der Waals surface area contributed by atoms with Gasteiger partial charge in [-0.15, -0.1) is 0 Å². The van der Waals surface area contributed by atoms with E-state index in [1.54, 1.807) is 18.3 Å². The standard InChI is InChI=1S/C22H21NO3S/c1-15-7-9-17(10-8-15)27(24,25)23-13-11-18-20(16-5-3-2-4-6-16)19-12-14-26-22(19)21(18)23/h2-11,13,19-20,22H,12,14H2,1H3/t19-,20+,22-/m0/s1. The monoisotopic (exact) mass is 379 g/mol. The lowest BCUT2D eigenvalue weighted by Crippen LogP contribution is -2.17. The van der Waals surface area contributed by atoms with Crippen molar-refractivity contribution in [2.45, 2.75) is 30.3 Å². The predicted molar refractivity (Wildman–Crippen MR) is 103 cm³/mol. The topological polar surface area (TPSA) is 48.3 Å². The molecule has 1 aliphatic carbocycles. The van der Waals surface area contributed by atoms with Crippen molar-refractivity contribution in [3.05, 3.63) is 89.2 Å². The summed E-state index contributed by atoms with van der Waals surface area (Å²) >= 11 is 0. The molecule has 0 amide bonds. The first-order valence-corrected chi connectivity index (χ1v) is 10.7. The van der Waals surface area contributed by atoms with Crippen molar-refractivity contribution >= 4 is 10.0 Å². The maximum absolute atomic E-state index is 13.3. The van der Waals surface area contributed by atoms with Gasteiger partial charge in [0.1, 0.15) is 6.10 Å². The summed E-state index contributed by atoms with van der Waals surface area (Å²) in [7, 11) is -3.65. The highest BCUT2D eigenvalue weighted by Crippen LogP contribution is 2.55. The fourth-order valence-electron chi connectivity index (χ4n) is 4.57. The van der Waals surface area contributed by atoms with E-state index in [2.05, 4.69) is 12.1 Å². The Morgan fingerprint density at radius 2 is 1.74 bits per heavy atom. The maximum atomic E-state index is 13.3. The van der Waals surface area contributed by atoms with Crippen LogP contribution >= 0.6 is 0 Å². The predicted octanol–water partition coefficient (Wildman–Crippen LogP) is 4.26. The van der Waals surface area contributed by atoms with E-state index < -0.39 is 10.0 Å². The van der Waals surface area contributed by atoms with Gasteiger partial charge >= 0.3 is 0 Å². The van der Waals surface area contributed by atoms with Crippen LogP contribution < -0.4 is 0 Å². The number of benzene rings is 2. The Morgan fingerprint density at radius 3 is 2.48 bits per heavy atom. The number of hydrogen-bond acceptors (Lipinski definition) is 3. The molecule has 0 N–H and O–H groups in total. The van der Waals surface area contributed by atoms with Crippen LogP contribution in [0, 0.1) is 12.8 Å². The third-order valence-corrected chi connectivity index (χ3v) is 7.53. The van der Waals surface area contributed by atoms with E-state index in [1.165, 1.54) is 9.54 Å². The minimum Gasteiger partial charge on any atom is -0.372 e. The summed E-state index contributed by atoms with van der Waals surface area (Å²) < 4.78 is 34.1. The van der Waals surface area contributed by atoms with Gasteiger partial charge < -0.3 is 4.74 Å². The molecule has 0 bridgehead atoms. The second-order valence-corrected chi connectivity index (χ2v) is 9.22. The minimum absolute atomic E-state index is 0.166. The summed E-state index contributed by atoms with van der Waals surface area (Å²) in [4.78, 5) is 0.309. The molecule has 0 saturated carbocycles. The van der Waals surface area contributed by atoms with Crippen LogP contribution in [0.3, 0.4) is 0 Å². The molecule has 138 valence electrons. The molecule has 5 rings (SSSR count). The zero-order chi connectivity index (χ0) is 18.6. The van der Waals surface area contributed by atoms with Crippen LogP contribution in [0.5, 0.6) is 0 Å². The summed E-state index contributed by atoms with van der Waals surface area (Å²) in [6.45, 7) is 2.62. The van der Waals surface area contributed by atoms with Crippen LogP contribution in [0.1, 0.15) is 40.8 Å². The molecule has 3 aromatic rings. The second kappa shape index (κ2) is 6.08. The van der Waals surface area contributed by atoms with Gasteiger partial charge in [-0.05, 0) is 42.7 Å². The highest BCUT2D eigenvalue weighted by atomic mass is 32.2. The number of nitrogens with zero attached hydrogens (tertiary/aromatic N) is 1. The van der Waals surface area contributed by atoms with E-state index in [0.717, 1.165) is 23.2 Å². The smallest absolute Gasteiger partial charge is 0.267 e. The number of aromatic nitrogens is 1. The average molecular weight is 379 g/mol. The molecular weight excluding hydrogens is 358 g/mol. The molecule has 4 nitrogen and oxygen atoms in total. The molecule has 5 heteroatoms. The fraction of sp³-hybridized carbons (Fsp3) is 0.273. The number of fused-ring (bicyclic) bond motifs is 3. The number of hydrogen-bond donors (Lipinski definition) is 0. The molecule has 1 fully saturated rings. The van der Waals surface area contributed by atoms with Crippen LogP contribution in [0.25, 0.3) is 0 Å². The highest BCUT2D eigenvalue weighted by molar-refractivity contribution is 7.90. The lowest BCUT2D eigenvalue weighted by Gasteiger charge is -2.19. The largest absolute Gasteiger partial charge is 0.372 e. The molecule has 27 heavy (non-hydrogen) atoms. The van der Waals surface area contributed by atoms with Crippen molar-refractivity contribution in [2.24, 2.45) is 5.92 Å². The van der Waals surface area contributed by atoms with E-state index in [-0.39, 0.29) is 17.9 Å². The molecule has 0 radical (unpaired) electrons. The molecule has 2 aromatic carbocycles. The van der Waals surface area contributed by atoms with Gasteiger partial charge in [-0.3, -0.25) is 0 Å². The Bertz CT molecular complexity index is 1080. The minimum atomic E-state index is -3.65. The van der Waals surface area contributed by atoms with Crippen molar-refractivity contribution in [1.82, 2.24) is 3.97 Å². The van der Waals surface area contributed by atoms with Crippen LogP contribution in [0.4, 0.5) is 0 Å². The molecule has 2 aliphatic rings. The van der Waals surface area contributed by atoms with E-state index in [0.29, 0.717) is 11.5 Å². The quantitative estimate of drug-likeness (QED) is 0.683. The van der Waals surface area contributed by atoms with Crippen LogP contribution in [-0.2, 0) is 14.8 Å². The van der Waals surface area contributed by atoms with Gasteiger partial charge in [-0.25, -0.2) is 12.4 Å². The highest BCUT2D eigenvalue weighted by Gasteiger charge is 2.48. The Kier molecular flexibility index (Phi) is 3.78. The summed E-state index contributed by atoms with van der Waals surface area (Å²) in [5, 5.41) is 0. The van der Waals surface area contributed by atoms with Gasteiger partial charge in [-0.1, -0.05) is 48.0 Å². The van der Waals surface area contributed by atoms with Crippen molar-refractivity contribution in [3.63, 3.8) is 0 Å². The number of rotatable bonds is 3. The molecule has 2 heterocycles. The Labute approximate surface area is 159 Å². The molecule has 1 saturated heterocycles. The third-order valence-electron chi connectivity index (χ3n) is 5.83.